The van der Waals surface area contributed by atoms with E-state index in [0.29, 0.717) is 6.54 Å². The van der Waals surface area contributed by atoms with E-state index in [2.05, 4.69) is 44.0 Å². The molecule has 1 aromatic carbocycles. The summed E-state index contributed by atoms with van der Waals surface area (Å²) in [7, 11) is 0. The van der Waals surface area contributed by atoms with Gasteiger partial charge < -0.3 is 5.73 Å². The number of nitrogens with two attached hydrogens (primary N) is 1. The second-order valence-corrected chi connectivity index (χ2v) is 4.94. The molecule has 0 saturated carbocycles. The van der Waals surface area contributed by atoms with Crippen molar-refractivity contribution in [1.82, 2.24) is 10.2 Å². The van der Waals surface area contributed by atoms with Crippen LogP contribution >= 0.6 is 0 Å². The highest BCUT2D eigenvalue weighted by Crippen LogP contribution is 2.32. The van der Waals surface area contributed by atoms with E-state index in [9.17, 15) is 0 Å². The van der Waals surface area contributed by atoms with Crippen molar-refractivity contribution in [3.8, 4) is 11.3 Å². The third kappa shape index (κ3) is 2.06. The molecule has 1 heterocycles. The zero-order chi connectivity index (χ0) is 13.3. The van der Waals surface area contributed by atoms with Gasteiger partial charge in [0, 0.05) is 5.56 Å². The third-order valence-electron chi connectivity index (χ3n) is 3.75. The molecule has 18 heavy (non-hydrogen) atoms. The number of hydrogen-bond acceptors (Lipinski definition) is 2. The quantitative estimate of drug-likeness (QED) is 0.871. The van der Waals surface area contributed by atoms with Gasteiger partial charge in [-0.1, -0.05) is 6.07 Å². The molecular formula is C15H21N3. The van der Waals surface area contributed by atoms with Gasteiger partial charge in [-0.25, -0.2) is 0 Å². The standard InChI is InChI=1S/C15H21N3/c1-9-7-10(2)12(4)14(11(9)3)15-13(5-6-16)8-17-18-15/h7-8H,5-6,16H2,1-4H3,(H,17,18). The summed E-state index contributed by atoms with van der Waals surface area (Å²) in [6, 6.07) is 2.24. The Morgan fingerprint density at radius 3 is 2.28 bits per heavy atom. The van der Waals surface area contributed by atoms with Crippen LogP contribution in [0, 0.1) is 27.7 Å². The third-order valence-corrected chi connectivity index (χ3v) is 3.75. The molecule has 0 amide bonds. The molecule has 0 unspecified atom stereocenters. The molecule has 0 aliphatic heterocycles. The van der Waals surface area contributed by atoms with Gasteiger partial charge in [-0.15, -0.1) is 0 Å². The first kappa shape index (κ1) is 12.8. The first-order valence-corrected chi connectivity index (χ1v) is 6.36. The lowest BCUT2D eigenvalue weighted by Crippen LogP contribution is -2.04. The summed E-state index contributed by atoms with van der Waals surface area (Å²) in [6.07, 6.45) is 2.75. The van der Waals surface area contributed by atoms with E-state index >= 15 is 0 Å². The summed E-state index contributed by atoms with van der Waals surface area (Å²) in [5, 5.41) is 7.32. The maximum absolute atomic E-state index is 5.66. The first-order chi connectivity index (χ1) is 8.56. The summed E-state index contributed by atoms with van der Waals surface area (Å²) < 4.78 is 0. The van der Waals surface area contributed by atoms with Crippen LogP contribution in [0.5, 0.6) is 0 Å². The van der Waals surface area contributed by atoms with Crippen LogP contribution in [0.15, 0.2) is 12.3 Å². The Bertz CT molecular complexity index is 541. The van der Waals surface area contributed by atoms with E-state index in [1.165, 1.54) is 33.4 Å². The molecule has 0 radical (unpaired) electrons. The Morgan fingerprint density at radius 2 is 1.72 bits per heavy atom. The lowest BCUT2D eigenvalue weighted by Gasteiger charge is -2.15. The molecule has 0 spiro atoms. The summed E-state index contributed by atoms with van der Waals surface area (Å²) in [5.41, 5.74) is 14.6. The van der Waals surface area contributed by atoms with Gasteiger partial charge in [0.1, 0.15) is 0 Å². The molecule has 96 valence electrons. The predicted octanol–water partition coefficient (Wildman–Crippen LogP) is 2.81. The summed E-state index contributed by atoms with van der Waals surface area (Å²) in [6.45, 7) is 9.30. The molecular weight excluding hydrogens is 222 g/mol. The Morgan fingerprint density at radius 1 is 1.11 bits per heavy atom. The number of H-pyrrole nitrogens is 1. The highest BCUT2D eigenvalue weighted by molar-refractivity contribution is 5.72. The monoisotopic (exact) mass is 243 g/mol. The van der Waals surface area contributed by atoms with Crippen molar-refractivity contribution in [3.05, 3.63) is 40.1 Å². The minimum absolute atomic E-state index is 0.648. The maximum atomic E-state index is 5.66. The van der Waals surface area contributed by atoms with Gasteiger partial charge in [0.15, 0.2) is 0 Å². The second-order valence-electron chi connectivity index (χ2n) is 4.94. The summed E-state index contributed by atoms with van der Waals surface area (Å²) in [5.74, 6) is 0. The minimum Gasteiger partial charge on any atom is -0.330 e. The lowest BCUT2D eigenvalue weighted by atomic mass is 9.90. The van der Waals surface area contributed by atoms with Gasteiger partial charge in [0.25, 0.3) is 0 Å². The Hall–Kier alpha value is -1.61. The molecule has 0 fully saturated rings. The van der Waals surface area contributed by atoms with Crippen molar-refractivity contribution in [1.29, 1.82) is 0 Å². The minimum atomic E-state index is 0.648. The molecule has 2 rings (SSSR count). The van der Waals surface area contributed by atoms with Gasteiger partial charge in [0.2, 0.25) is 0 Å². The van der Waals surface area contributed by atoms with E-state index in [1.54, 1.807) is 0 Å². The van der Waals surface area contributed by atoms with Gasteiger partial charge in [-0.3, -0.25) is 5.10 Å². The fourth-order valence-electron chi connectivity index (χ4n) is 2.46. The zero-order valence-electron chi connectivity index (χ0n) is 11.6. The molecule has 2 aromatic rings. The molecule has 1 aromatic heterocycles. The van der Waals surface area contributed by atoms with E-state index in [-0.39, 0.29) is 0 Å². The Kier molecular flexibility index (Phi) is 3.53. The van der Waals surface area contributed by atoms with Crippen molar-refractivity contribution >= 4 is 0 Å². The second kappa shape index (κ2) is 4.94. The number of aromatic amines is 1. The topological polar surface area (TPSA) is 54.7 Å². The zero-order valence-corrected chi connectivity index (χ0v) is 11.6. The summed E-state index contributed by atoms with van der Waals surface area (Å²) in [4.78, 5) is 0. The molecule has 3 nitrogen and oxygen atoms in total. The van der Waals surface area contributed by atoms with Gasteiger partial charge in [-0.05, 0) is 68.5 Å². The highest BCUT2D eigenvalue weighted by Gasteiger charge is 2.15. The number of benzene rings is 1. The fourth-order valence-corrected chi connectivity index (χ4v) is 2.46. The molecule has 0 saturated heterocycles. The average Bonchev–Trinajstić information content (AvgIpc) is 2.76. The lowest BCUT2D eigenvalue weighted by molar-refractivity contribution is 0.971. The van der Waals surface area contributed by atoms with Gasteiger partial charge >= 0.3 is 0 Å². The van der Waals surface area contributed by atoms with Crippen LogP contribution in [0.3, 0.4) is 0 Å². The van der Waals surface area contributed by atoms with Crippen molar-refractivity contribution in [2.24, 2.45) is 5.73 Å². The van der Waals surface area contributed by atoms with Crippen LogP contribution in [0.2, 0.25) is 0 Å². The SMILES string of the molecule is Cc1cc(C)c(C)c(-c2[nH]ncc2CCN)c1C. The van der Waals surface area contributed by atoms with Gasteiger partial charge in [0.05, 0.1) is 11.9 Å². The fraction of sp³-hybridized carbons (Fsp3) is 0.400. The maximum Gasteiger partial charge on any atom is 0.0688 e. The number of aromatic nitrogens is 2. The van der Waals surface area contributed by atoms with Crippen LogP contribution < -0.4 is 5.73 Å². The molecule has 3 N–H and O–H groups in total. The van der Waals surface area contributed by atoms with Crippen LogP contribution in [0.4, 0.5) is 0 Å². The van der Waals surface area contributed by atoms with E-state index in [0.717, 1.165) is 12.1 Å². The smallest absolute Gasteiger partial charge is 0.0688 e. The molecule has 0 aliphatic carbocycles. The Labute approximate surface area is 108 Å². The molecule has 0 bridgehead atoms. The first-order valence-electron chi connectivity index (χ1n) is 6.36. The van der Waals surface area contributed by atoms with Crippen molar-refractivity contribution in [2.75, 3.05) is 6.54 Å². The average molecular weight is 243 g/mol. The number of nitrogens with one attached hydrogen (secondary N) is 1. The number of nitrogens with zero attached hydrogens (tertiary/aromatic N) is 1. The highest BCUT2D eigenvalue weighted by atomic mass is 15.1. The largest absolute Gasteiger partial charge is 0.330 e. The van der Waals surface area contributed by atoms with Crippen molar-refractivity contribution in [3.63, 3.8) is 0 Å². The molecule has 0 aliphatic rings. The van der Waals surface area contributed by atoms with E-state index < -0.39 is 0 Å². The molecule has 0 atom stereocenters. The van der Waals surface area contributed by atoms with Crippen LogP contribution in [-0.2, 0) is 6.42 Å². The number of aryl methyl sites for hydroxylation is 2. The van der Waals surface area contributed by atoms with E-state index in [1.807, 2.05) is 6.20 Å². The number of hydrogen-bond donors (Lipinski definition) is 2. The van der Waals surface area contributed by atoms with Crippen LogP contribution in [-0.4, -0.2) is 16.7 Å². The van der Waals surface area contributed by atoms with Crippen LogP contribution in [0.1, 0.15) is 27.8 Å². The van der Waals surface area contributed by atoms with Crippen LogP contribution in [0.25, 0.3) is 11.3 Å². The van der Waals surface area contributed by atoms with Gasteiger partial charge in [-0.2, -0.15) is 5.10 Å². The predicted molar refractivity (Wildman–Crippen MR) is 75.7 cm³/mol. The van der Waals surface area contributed by atoms with Crippen molar-refractivity contribution in [2.45, 2.75) is 34.1 Å². The normalized spacial score (nSPS) is 10.9. The summed E-state index contributed by atoms with van der Waals surface area (Å²) >= 11 is 0. The van der Waals surface area contributed by atoms with Crippen molar-refractivity contribution < 1.29 is 0 Å². The number of rotatable bonds is 3. The van der Waals surface area contributed by atoms with E-state index in [4.69, 9.17) is 5.73 Å². The Balaban J connectivity index is 2.66. The molecule has 3 heteroatoms.